The largest absolute Gasteiger partial charge is 0.497 e. The van der Waals surface area contributed by atoms with Gasteiger partial charge in [-0.3, -0.25) is 4.79 Å². The van der Waals surface area contributed by atoms with E-state index in [4.69, 9.17) is 14.2 Å². The van der Waals surface area contributed by atoms with Crippen LogP contribution in [0.3, 0.4) is 0 Å². The van der Waals surface area contributed by atoms with Crippen molar-refractivity contribution >= 4 is 18.0 Å². The van der Waals surface area contributed by atoms with Crippen molar-refractivity contribution in [3.05, 3.63) is 76.5 Å². The average molecular weight is 407 g/mol. The smallest absolute Gasteiger partial charge is 0.340 e. The van der Waals surface area contributed by atoms with Crippen LogP contribution in [0.4, 0.5) is 0 Å². The lowest BCUT2D eigenvalue weighted by atomic mass is 10.0. The molecule has 3 rings (SSSR count). The van der Waals surface area contributed by atoms with Crippen LogP contribution >= 0.6 is 0 Å². The molecule has 0 N–H and O–H groups in total. The number of carbonyl (C=O) groups excluding carboxylic acids is 2. The van der Waals surface area contributed by atoms with Gasteiger partial charge in [-0.05, 0) is 37.6 Å². The fourth-order valence-electron chi connectivity index (χ4n) is 3.64. The van der Waals surface area contributed by atoms with Gasteiger partial charge in [0.05, 0.1) is 38.5 Å². The van der Waals surface area contributed by atoms with Crippen LogP contribution in [0.15, 0.2) is 65.4 Å². The molecule has 2 aromatic rings. The lowest BCUT2D eigenvalue weighted by Gasteiger charge is -2.26. The minimum absolute atomic E-state index is 0.248. The molecule has 1 amide bonds. The Morgan fingerprint density at radius 3 is 2.33 bits per heavy atom. The molecular formula is C24H25NO5. The second-order valence-electron chi connectivity index (χ2n) is 6.88. The Morgan fingerprint density at radius 2 is 1.73 bits per heavy atom. The Kier molecular flexibility index (Phi) is 6.26. The normalized spacial score (nSPS) is 16.1. The predicted molar refractivity (Wildman–Crippen MR) is 114 cm³/mol. The summed E-state index contributed by atoms with van der Waals surface area (Å²) in [4.78, 5) is 27.6. The van der Waals surface area contributed by atoms with Gasteiger partial charge in [-0.2, -0.15) is 0 Å². The summed E-state index contributed by atoms with van der Waals surface area (Å²) >= 11 is 0. The summed E-state index contributed by atoms with van der Waals surface area (Å²) in [6.45, 7) is 3.69. The molecule has 6 nitrogen and oxygen atoms in total. The zero-order valence-electron chi connectivity index (χ0n) is 17.8. The molecule has 1 atom stereocenters. The molecule has 0 bridgehead atoms. The zero-order valence-corrected chi connectivity index (χ0v) is 17.8. The van der Waals surface area contributed by atoms with Crippen LogP contribution in [0.1, 0.15) is 31.0 Å². The first-order valence-corrected chi connectivity index (χ1v) is 9.54. The van der Waals surface area contributed by atoms with E-state index in [1.165, 1.54) is 7.11 Å². The number of nitrogens with zero attached hydrogens (tertiary/aromatic N) is 1. The molecule has 0 unspecified atom stereocenters. The molecule has 6 heteroatoms. The minimum Gasteiger partial charge on any atom is -0.497 e. The van der Waals surface area contributed by atoms with Gasteiger partial charge in [0, 0.05) is 17.3 Å². The maximum atomic E-state index is 13.4. The second kappa shape index (κ2) is 8.86. The monoisotopic (exact) mass is 407 g/mol. The molecule has 0 aromatic heterocycles. The van der Waals surface area contributed by atoms with Crippen molar-refractivity contribution in [2.45, 2.75) is 19.9 Å². The number of benzene rings is 2. The zero-order chi connectivity index (χ0) is 21.8. The van der Waals surface area contributed by atoms with E-state index >= 15 is 0 Å². The van der Waals surface area contributed by atoms with Crippen LogP contribution in [-0.2, 0) is 14.3 Å². The highest BCUT2D eigenvalue weighted by atomic mass is 16.5. The molecule has 2 aromatic carbocycles. The molecule has 0 spiro atoms. The SMILES string of the molecule is COC(=O)C1=C(C)N([C@@H](C)c2ccccc2)C(=O)/C1=C\c1ccc(OC)cc1OC. The standard InChI is InChI=1S/C24H25NO5/c1-15(17-9-7-6-8-10-17)25-16(2)22(24(27)30-5)20(23(25)26)13-18-11-12-19(28-3)14-21(18)29-4/h6-15H,1-5H3/b20-13-/t15-/m0/s1. The highest BCUT2D eigenvalue weighted by molar-refractivity contribution is 6.16. The summed E-state index contributed by atoms with van der Waals surface area (Å²) in [6.07, 6.45) is 1.66. The maximum Gasteiger partial charge on any atom is 0.340 e. The number of carbonyl (C=O) groups is 2. The van der Waals surface area contributed by atoms with Crippen LogP contribution in [0.2, 0.25) is 0 Å². The minimum atomic E-state index is -0.553. The summed E-state index contributed by atoms with van der Waals surface area (Å²) in [5.74, 6) is 0.349. The first kappa shape index (κ1) is 21.2. The van der Waals surface area contributed by atoms with Crippen LogP contribution in [0.5, 0.6) is 11.5 Å². The van der Waals surface area contributed by atoms with E-state index in [0.29, 0.717) is 22.8 Å². The van der Waals surface area contributed by atoms with Gasteiger partial charge < -0.3 is 19.1 Å². The van der Waals surface area contributed by atoms with E-state index in [-0.39, 0.29) is 23.1 Å². The lowest BCUT2D eigenvalue weighted by molar-refractivity contribution is -0.136. The van der Waals surface area contributed by atoms with Crippen molar-refractivity contribution in [1.82, 2.24) is 4.90 Å². The topological polar surface area (TPSA) is 65.1 Å². The van der Waals surface area contributed by atoms with Gasteiger partial charge in [0.25, 0.3) is 5.91 Å². The first-order chi connectivity index (χ1) is 14.4. The van der Waals surface area contributed by atoms with Gasteiger partial charge in [-0.1, -0.05) is 30.3 Å². The third kappa shape index (κ3) is 3.81. The molecule has 1 aliphatic rings. The summed E-state index contributed by atoms with van der Waals surface area (Å²) in [5, 5.41) is 0. The Hall–Kier alpha value is -3.54. The Labute approximate surface area is 176 Å². The van der Waals surface area contributed by atoms with Gasteiger partial charge in [-0.25, -0.2) is 4.79 Å². The molecular weight excluding hydrogens is 382 g/mol. The maximum absolute atomic E-state index is 13.4. The van der Waals surface area contributed by atoms with Crippen LogP contribution in [0, 0.1) is 0 Å². The van der Waals surface area contributed by atoms with Crippen LogP contribution < -0.4 is 9.47 Å². The van der Waals surface area contributed by atoms with E-state index in [1.54, 1.807) is 50.3 Å². The van der Waals surface area contributed by atoms with Crippen LogP contribution in [0.25, 0.3) is 6.08 Å². The molecule has 1 heterocycles. The van der Waals surface area contributed by atoms with Gasteiger partial charge in [0.1, 0.15) is 11.5 Å². The molecule has 1 aliphatic heterocycles. The van der Waals surface area contributed by atoms with Crippen molar-refractivity contribution in [3.63, 3.8) is 0 Å². The van der Waals surface area contributed by atoms with Gasteiger partial charge >= 0.3 is 5.97 Å². The molecule has 0 fully saturated rings. The van der Waals surface area contributed by atoms with E-state index in [2.05, 4.69) is 0 Å². The third-order valence-corrected chi connectivity index (χ3v) is 5.24. The van der Waals surface area contributed by atoms with Gasteiger partial charge in [0.2, 0.25) is 0 Å². The van der Waals surface area contributed by atoms with Crippen molar-refractivity contribution < 1.29 is 23.8 Å². The highest BCUT2D eigenvalue weighted by Gasteiger charge is 2.39. The summed E-state index contributed by atoms with van der Waals surface area (Å²) in [7, 11) is 4.42. The number of hydrogen-bond donors (Lipinski definition) is 0. The van der Waals surface area contributed by atoms with E-state index < -0.39 is 5.97 Å². The molecule has 0 aliphatic carbocycles. The molecule has 0 saturated carbocycles. The van der Waals surface area contributed by atoms with Crippen LogP contribution in [-0.4, -0.2) is 38.1 Å². The average Bonchev–Trinajstić information content (AvgIpc) is 3.02. The predicted octanol–water partition coefficient (Wildman–Crippen LogP) is 4.14. The Bertz CT molecular complexity index is 1020. The molecule has 156 valence electrons. The van der Waals surface area contributed by atoms with E-state index in [1.807, 2.05) is 37.3 Å². The van der Waals surface area contributed by atoms with Gasteiger partial charge in [-0.15, -0.1) is 0 Å². The first-order valence-electron chi connectivity index (χ1n) is 9.54. The third-order valence-electron chi connectivity index (χ3n) is 5.24. The van der Waals surface area contributed by atoms with Crippen molar-refractivity contribution in [2.75, 3.05) is 21.3 Å². The summed E-state index contributed by atoms with van der Waals surface area (Å²) in [6, 6.07) is 14.7. The summed E-state index contributed by atoms with van der Waals surface area (Å²) in [5.41, 5.74) is 2.71. The number of amides is 1. The number of rotatable bonds is 6. The fourth-order valence-corrected chi connectivity index (χ4v) is 3.64. The van der Waals surface area contributed by atoms with Crippen molar-refractivity contribution in [2.24, 2.45) is 0 Å². The number of esters is 1. The summed E-state index contributed by atoms with van der Waals surface area (Å²) < 4.78 is 15.7. The molecule has 0 saturated heterocycles. The molecule has 30 heavy (non-hydrogen) atoms. The van der Waals surface area contributed by atoms with Gasteiger partial charge in [0.15, 0.2) is 0 Å². The quantitative estimate of drug-likeness (QED) is 0.532. The number of ether oxygens (including phenoxy) is 3. The van der Waals surface area contributed by atoms with E-state index in [9.17, 15) is 9.59 Å². The Balaban J connectivity index is 2.11. The second-order valence-corrected chi connectivity index (χ2v) is 6.88. The fraction of sp³-hybridized carbons (Fsp3) is 0.250. The number of allylic oxidation sites excluding steroid dienone is 1. The van der Waals surface area contributed by atoms with Crippen molar-refractivity contribution in [3.8, 4) is 11.5 Å². The van der Waals surface area contributed by atoms with E-state index in [0.717, 1.165) is 5.56 Å². The Morgan fingerprint density at radius 1 is 1.03 bits per heavy atom. The lowest BCUT2D eigenvalue weighted by Crippen LogP contribution is -2.28. The number of hydrogen-bond acceptors (Lipinski definition) is 5. The van der Waals surface area contributed by atoms with Crippen molar-refractivity contribution in [1.29, 1.82) is 0 Å². The number of methoxy groups -OCH3 is 3. The highest BCUT2D eigenvalue weighted by Crippen LogP contribution is 2.38. The molecule has 0 radical (unpaired) electrons.